The van der Waals surface area contributed by atoms with Gasteiger partial charge in [-0.3, -0.25) is 0 Å². The van der Waals surface area contributed by atoms with Gasteiger partial charge in [-0.05, 0) is 12.8 Å². The molecule has 0 aliphatic rings. The van der Waals surface area contributed by atoms with Gasteiger partial charge in [-0.15, -0.1) is 0 Å². The van der Waals surface area contributed by atoms with E-state index in [9.17, 15) is 0 Å². The fraction of sp³-hybridized carbons (Fsp3) is 1.00. The van der Waals surface area contributed by atoms with Gasteiger partial charge in [0.25, 0.3) is 0 Å². The lowest BCUT2D eigenvalue weighted by Crippen LogP contribution is -2.21. The average Bonchev–Trinajstić information content (AvgIpc) is 2.41. The molecule has 0 radical (unpaired) electrons. The Hall–Kier alpha value is 0.549. The predicted octanol–water partition coefficient (Wildman–Crippen LogP) is 1.53. The smallest absolute Gasteiger partial charge is 0.481 e. The molecule has 0 bridgehead atoms. The topological polar surface area (TPSA) is 46.2 Å². The van der Waals surface area contributed by atoms with Crippen LogP contribution in [-0.2, 0) is 20.9 Å². The Morgan fingerprint density at radius 1 is 0.778 bits per heavy atom. The highest BCUT2D eigenvalue weighted by Crippen LogP contribution is 1.89. The lowest BCUT2D eigenvalue weighted by Gasteiger charge is -2.05. The van der Waals surface area contributed by atoms with Crippen LogP contribution in [0.5, 0.6) is 0 Å². The van der Waals surface area contributed by atoms with Crippen LogP contribution >= 0.6 is 0 Å². The van der Waals surface area contributed by atoms with Gasteiger partial charge in [-0.25, -0.2) is 0 Å². The van der Waals surface area contributed by atoms with Crippen molar-refractivity contribution in [2.24, 2.45) is 0 Å². The van der Waals surface area contributed by atoms with Crippen LogP contribution in [0.1, 0.15) is 39.5 Å². The lowest BCUT2D eigenvalue weighted by atomic mass is 10.4. The molecule has 0 aromatic carbocycles. The zero-order valence-electron chi connectivity index (χ0n) is 12.6. The van der Waals surface area contributed by atoms with E-state index in [0.717, 1.165) is 13.2 Å². The summed E-state index contributed by atoms with van der Waals surface area (Å²) in [6, 6.07) is 0. The summed E-state index contributed by atoms with van der Waals surface area (Å²) in [6.07, 6.45) is 4.76. The Morgan fingerprint density at radius 2 is 1.17 bits per heavy atom. The van der Waals surface area contributed by atoms with E-state index in [1.54, 1.807) is 21.3 Å². The first-order chi connectivity index (χ1) is 8.76. The summed E-state index contributed by atoms with van der Waals surface area (Å²) in [5, 5.41) is 0. The second kappa shape index (κ2) is 19.9. The number of hydrogen-bond donors (Lipinski definition) is 0. The Kier molecular flexibility index (Phi) is 23.0. The zero-order valence-corrected chi connectivity index (χ0v) is 15.1. The van der Waals surface area contributed by atoms with Gasteiger partial charge in [-0.1, -0.05) is 26.7 Å². The minimum Gasteiger partial charge on any atom is -0.481 e. The fourth-order valence-corrected chi connectivity index (χ4v) is 2.30. The molecule has 0 aromatic heterocycles. The van der Waals surface area contributed by atoms with E-state index in [0.29, 0.717) is 0 Å². The largest absolute Gasteiger partial charge is 0.649 e. The van der Waals surface area contributed by atoms with Gasteiger partial charge in [0.05, 0.1) is 0 Å². The molecule has 5 nitrogen and oxygen atoms in total. The fourth-order valence-electron chi connectivity index (χ4n) is 0.958. The molecular weight excluding hydrogens is 267 g/mol. The molecule has 0 amide bonds. The van der Waals surface area contributed by atoms with Gasteiger partial charge >= 0.3 is 25.4 Å². The molecule has 0 saturated carbocycles. The van der Waals surface area contributed by atoms with Crippen molar-refractivity contribution in [1.29, 1.82) is 0 Å². The maximum absolute atomic E-state index is 5.34. The van der Waals surface area contributed by atoms with Crippen molar-refractivity contribution >= 4 is 25.4 Å². The molecule has 0 aliphatic carbocycles. The van der Waals surface area contributed by atoms with E-state index in [-0.39, 0.29) is 0 Å². The maximum Gasteiger partial charge on any atom is 0.649 e. The Labute approximate surface area is 120 Å². The molecule has 0 atom stereocenters. The normalized spacial score (nSPS) is 10.1. The van der Waals surface area contributed by atoms with E-state index in [4.69, 9.17) is 20.9 Å². The highest BCUT2D eigenvalue weighted by atomic mass is 28.3. The van der Waals surface area contributed by atoms with Crippen LogP contribution in [-0.4, -0.2) is 60.0 Å². The molecule has 0 unspecified atom stereocenters. The SMILES string of the molecule is CCCC[O][AlH][O]CCCC.CO[SiH](OC)OC. The minimum absolute atomic E-state index is 0.629. The average molecular weight is 296 g/mol. The molecule has 18 heavy (non-hydrogen) atoms. The first-order valence-electron chi connectivity index (χ1n) is 6.50. The van der Waals surface area contributed by atoms with Crippen LogP contribution in [0, 0.1) is 0 Å². The third kappa shape index (κ3) is 18.9. The zero-order chi connectivity index (χ0) is 14.1. The summed E-state index contributed by atoms with van der Waals surface area (Å²) in [5.41, 5.74) is 0. The highest BCUT2D eigenvalue weighted by Gasteiger charge is 2.04. The standard InChI is InChI=1S/2C4H9O.C3H10O3Si.Al.H/c2*1-2-3-4-5;1-4-7(5-2)6-3;;/h2*2-4H2,1H3;7H,1-3H3;;/q2*-1;;+2;. The van der Waals surface area contributed by atoms with Gasteiger partial charge in [0, 0.05) is 34.5 Å². The summed E-state index contributed by atoms with van der Waals surface area (Å²) in [6.45, 7) is 6.13. The third-order valence-electron chi connectivity index (χ3n) is 2.03. The van der Waals surface area contributed by atoms with Crippen molar-refractivity contribution in [3.05, 3.63) is 0 Å². The van der Waals surface area contributed by atoms with Crippen LogP contribution in [0.4, 0.5) is 0 Å². The van der Waals surface area contributed by atoms with Gasteiger partial charge in [-0.2, -0.15) is 0 Å². The van der Waals surface area contributed by atoms with E-state index >= 15 is 0 Å². The number of rotatable bonds is 11. The van der Waals surface area contributed by atoms with Crippen molar-refractivity contribution < 1.29 is 20.9 Å². The minimum atomic E-state index is -1.67. The lowest BCUT2D eigenvalue weighted by molar-refractivity contribution is 0.163. The first kappa shape index (κ1) is 20.9. The Bertz CT molecular complexity index is 125. The van der Waals surface area contributed by atoms with E-state index in [1.165, 1.54) is 25.7 Å². The Morgan fingerprint density at radius 3 is 1.39 bits per heavy atom. The summed E-state index contributed by atoms with van der Waals surface area (Å²) in [5.74, 6) is 0. The van der Waals surface area contributed by atoms with E-state index < -0.39 is 25.4 Å². The van der Waals surface area contributed by atoms with Crippen LogP contribution in [0.15, 0.2) is 0 Å². The number of hydrogen-bond acceptors (Lipinski definition) is 5. The molecular formula is C11H29AlO5Si. The Balaban J connectivity index is 0. The summed E-state index contributed by atoms with van der Waals surface area (Å²) in [4.78, 5) is 0. The van der Waals surface area contributed by atoms with Gasteiger partial charge < -0.3 is 20.9 Å². The number of unbranched alkanes of at least 4 members (excludes halogenated alkanes) is 2. The van der Waals surface area contributed by atoms with Crippen molar-refractivity contribution in [2.75, 3.05) is 34.5 Å². The highest BCUT2D eigenvalue weighted by molar-refractivity contribution is 6.36. The quantitative estimate of drug-likeness (QED) is 0.427. The molecule has 0 saturated heterocycles. The summed E-state index contributed by atoms with van der Waals surface area (Å²) >= 11 is -0.629. The van der Waals surface area contributed by atoms with Crippen molar-refractivity contribution in [1.82, 2.24) is 0 Å². The van der Waals surface area contributed by atoms with Crippen LogP contribution in [0.25, 0.3) is 0 Å². The van der Waals surface area contributed by atoms with Crippen molar-refractivity contribution in [3.63, 3.8) is 0 Å². The molecule has 110 valence electrons. The van der Waals surface area contributed by atoms with Gasteiger partial charge in [0.1, 0.15) is 0 Å². The molecule has 7 heteroatoms. The first-order valence-corrected chi connectivity index (χ1v) is 9.07. The van der Waals surface area contributed by atoms with Crippen LogP contribution < -0.4 is 0 Å². The summed E-state index contributed by atoms with van der Waals surface area (Å²) in [7, 11) is 3.05. The molecule has 0 fully saturated rings. The van der Waals surface area contributed by atoms with E-state index in [1.807, 2.05) is 0 Å². The molecule has 0 heterocycles. The molecule has 0 N–H and O–H groups in total. The molecule has 0 aromatic rings. The molecule has 0 rings (SSSR count). The van der Waals surface area contributed by atoms with Crippen LogP contribution in [0.2, 0.25) is 0 Å². The summed E-state index contributed by atoms with van der Waals surface area (Å²) < 4.78 is 24.9. The molecule has 0 aliphatic heterocycles. The maximum atomic E-state index is 5.34. The van der Waals surface area contributed by atoms with E-state index in [2.05, 4.69) is 13.8 Å². The van der Waals surface area contributed by atoms with Gasteiger partial charge in [0.2, 0.25) is 0 Å². The molecule has 0 spiro atoms. The predicted molar refractivity (Wildman–Crippen MR) is 77.0 cm³/mol. The van der Waals surface area contributed by atoms with Crippen molar-refractivity contribution in [2.45, 2.75) is 39.5 Å². The third-order valence-corrected chi connectivity index (χ3v) is 4.09. The van der Waals surface area contributed by atoms with Crippen LogP contribution in [0.3, 0.4) is 0 Å². The van der Waals surface area contributed by atoms with Gasteiger partial charge in [0.15, 0.2) is 0 Å². The second-order valence-corrected chi connectivity index (χ2v) is 6.68. The van der Waals surface area contributed by atoms with Crippen molar-refractivity contribution in [3.8, 4) is 0 Å². The monoisotopic (exact) mass is 296 g/mol. The second-order valence-electron chi connectivity index (χ2n) is 3.64.